The summed E-state index contributed by atoms with van der Waals surface area (Å²) in [5, 5.41) is 17.7. The van der Waals surface area contributed by atoms with Crippen LogP contribution < -0.4 is 5.73 Å². The van der Waals surface area contributed by atoms with Gasteiger partial charge < -0.3 is 5.73 Å². The van der Waals surface area contributed by atoms with Crippen LogP contribution in [0.15, 0.2) is 53.6 Å². The first-order valence-corrected chi connectivity index (χ1v) is 9.29. The van der Waals surface area contributed by atoms with Crippen molar-refractivity contribution in [1.82, 2.24) is 9.99 Å². The number of halogens is 2. The van der Waals surface area contributed by atoms with Crippen LogP contribution >= 0.6 is 23.8 Å². The molecule has 29 heavy (non-hydrogen) atoms. The molecule has 1 atom stereocenters. The molecule has 146 valence electrons. The van der Waals surface area contributed by atoms with Crippen molar-refractivity contribution in [3.05, 3.63) is 80.7 Å². The van der Waals surface area contributed by atoms with Crippen LogP contribution in [0.5, 0.6) is 0 Å². The minimum absolute atomic E-state index is 0.0149. The van der Waals surface area contributed by atoms with Gasteiger partial charge in [-0.2, -0.15) is 5.10 Å². The van der Waals surface area contributed by atoms with Gasteiger partial charge in [-0.15, -0.1) is 0 Å². The van der Waals surface area contributed by atoms with Gasteiger partial charge in [0.05, 0.1) is 22.2 Å². The topological polar surface area (TPSA) is 97.6 Å². The molecule has 2 aromatic carbocycles. The van der Waals surface area contributed by atoms with Gasteiger partial charge in [-0.25, -0.2) is 14.4 Å². The van der Waals surface area contributed by atoms with Gasteiger partial charge >= 0.3 is 0 Å². The third-order valence-corrected chi connectivity index (χ3v) is 5.15. The van der Waals surface area contributed by atoms with Crippen molar-refractivity contribution >= 4 is 51.2 Å². The summed E-state index contributed by atoms with van der Waals surface area (Å²) in [4.78, 5) is 14.7. The maximum Gasteiger partial charge on any atom is 0.269 e. The van der Waals surface area contributed by atoms with Gasteiger partial charge in [-0.05, 0) is 54.2 Å². The van der Waals surface area contributed by atoms with Gasteiger partial charge in [0.1, 0.15) is 11.0 Å². The highest BCUT2D eigenvalue weighted by Crippen LogP contribution is 2.37. The van der Waals surface area contributed by atoms with Crippen molar-refractivity contribution in [1.29, 1.82) is 0 Å². The minimum atomic E-state index is -0.468. The molecule has 0 fully saturated rings. The highest BCUT2D eigenvalue weighted by Gasteiger charge is 2.32. The third kappa shape index (κ3) is 3.62. The Morgan fingerprint density at radius 2 is 2.00 bits per heavy atom. The molecule has 0 bridgehead atoms. The zero-order valence-corrected chi connectivity index (χ0v) is 16.3. The summed E-state index contributed by atoms with van der Waals surface area (Å²) >= 11 is 11.5. The van der Waals surface area contributed by atoms with Crippen molar-refractivity contribution in [2.75, 3.05) is 0 Å². The van der Waals surface area contributed by atoms with E-state index in [9.17, 15) is 14.5 Å². The molecule has 0 aliphatic carbocycles. The molecule has 0 saturated heterocycles. The van der Waals surface area contributed by atoms with Gasteiger partial charge in [0.2, 0.25) is 0 Å². The zero-order chi connectivity index (χ0) is 20.7. The summed E-state index contributed by atoms with van der Waals surface area (Å²) in [6, 6.07) is 11.6. The summed E-state index contributed by atoms with van der Waals surface area (Å²) in [6.07, 6.45) is 0.400. The molecule has 1 aliphatic rings. The van der Waals surface area contributed by atoms with Gasteiger partial charge in [0, 0.05) is 29.5 Å². The fourth-order valence-electron chi connectivity index (χ4n) is 3.28. The van der Waals surface area contributed by atoms with Crippen molar-refractivity contribution in [3.8, 4) is 0 Å². The van der Waals surface area contributed by atoms with Crippen molar-refractivity contribution in [2.24, 2.45) is 10.8 Å². The van der Waals surface area contributed by atoms with E-state index in [0.29, 0.717) is 34.2 Å². The highest BCUT2D eigenvalue weighted by atomic mass is 35.5. The lowest BCUT2D eigenvalue weighted by atomic mass is 9.98. The Balaban J connectivity index is 1.73. The number of hydrogen-bond donors (Lipinski definition) is 1. The number of non-ortho nitro benzene ring substituents is 1. The Morgan fingerprint density at radius 1 is 1.28 bits per heavy atom. The molecule has 2 heterocycles. The molecular weight excluding hydrogens is 417 g/mol. The monoisotopic (exact) mass is 429 g/mol. The van der Waals surface area contributed by atoms with Crippen LogP contribution in [0.1, 0.15) is 23.6 Å². The molecule has 4 rings (SSSR count). The standard InChI is InChI=1S/C19H13ClFN5O2S/c20-18-14(8-11-7-12(21)3-6-15(11)23-18)17-9-16(24-25(17)19(22)29)10-1-4-13(5-2-10)26(27)28/h1-8,17H,9H2,(H2,22,29). The van der Waals surface area contributed by atoms with Crippen LogP contribution in [0.4, 0.5) is 10.1 Å². The molecule has 2 N–H and O–H groups in total. The van der Waals surface area contributed by atoms with E-state index in [2.05, 4.69) is 10.1 Å². The summed E-state index contributed by atoms with van der Waals surface area (Å²) < 4.78 is 13.6. The lowest BCUT2D eigenvalue weighted by Crippen LogP contribution is -2.31. The lowest BCUT2D eigenvalue weighted by Gasteiger charge is -2.22. The number of aromatic nitrogens is 1. The molecule has 1 aliphatic heterocycles. The molecule has 0 saturated carbocycles. The lowest BCUT2D eigenvalue weighted by molar-refractivity contribution is -0.384. The molecule has 1 unspecified atom stereocenters. The molecule has 3 aromatic rings. The number of pyridine rings is 1. The molecule has 0 radical (unpaired) electrons. The Bertz CT molecular complexity index is 1190. The van der Waals surface area contributed by atoms with Crippen molar-refractivity contribution in [2.45, 2.75) is 12.5 Å². The molecule has 10 heteroatoms. The number of nitro benzene ring substituents is 1. The summed E-state index contributed by atoms with van der Waals surface area (Å²) in [6.45, 7) is 0. The number of hydrogen-bond acceptors (Lipinski definition) is 5. The number of thiocarbonyl (C=S) groups is 1. The largest absolute Gasteiger partial charge is 0.375 e. The van der Waals surface area contributed by atoms with Gasteiger partial charge in [0.15, 0.2) is 5.11 Å². The molecular formula is C19H13ClFN5O2S. The second kappa shape index (κ2) is 7.34. The normalized spacial score (nSPS) is 16.1. The van der Waals surface area contributed by atoms with Crippen LogP contribution in [0, 0.1) is 15.9 Å². The number of rotatable bonds is 3. The van der Waals surface area contributed by atoms with Gasteiger partial charge in [-0.3, -0.25) is 10.1 Å². The first-order valence-electron chi connectivity index (χ1n) is 8.50. The molecule has 0 amide bonds. The zero-order valence-electron chi connectivity index (χ0n) is 14.8. The molecule has 1 aromatic heterocycles. The Kier molecular flexibility index (Phi) is 4.85. The van der Waals surface area contributed by atoms with Crippen molar-refractivity contribution < 1.29 is 9.31 Å². The fraction of sp³-hybridized carbons (Fsp3) is 0.105. The van der Waals surface area contributed by atoms with E-state index in [1.54, 1.807) is 24.3 Å². The number of benzene rings is 2. The molecule has 7 nitrogen and oxygen atoms in total. The first kappa shape index (κ1) is 19.2. The number of nitrogens with two attached hydrogens (primary N) is 1. The first-order chi connectivity index (χ1) is 13.8. The van der Waals surface area contributed by atoms with E-state index in [4.69, 9.17) is 29.6 Å². The molecule has 0 spiro atoms. The van der Waals surface area contributed by atoms with Gasteiger partial charge in [-0.1, -0.05) is 11.6 Å². The maximum atomic E-state index is 13.6. The second-order valence-corrected chi connectivity index (χ2v) is 7.24. The van der Waals surface area contributed by atoms with Gasteiger partial charge in [0.25, 0.3) is 5.69 Å². The van der Waals surface area contributed by atoms with E-state index in [1.807, 2.05) is 0 Å². The Morgan fingerprint density at radius 3 is 2.66 bits per heavy atom. The number of nitrogens with zero attached hydrogens (tertiary/aromatic N) is 4. The smallest absolute Gasteiger partial charge is 0.269 e. The van der Waals surface area contributed by atoms with E-state index >= 15 is 0 Å². The highest BCUT2D eigenvalue weighted by molar-refractivity contribution is 7.80. The quantitative estimate of drug-likeness (QED) is 0.288. The third-order valence-electron chi connectivity index (χ3n) is 4.66. The summed E-state index contributed by atoms with van der Waals surface area (Å²) in [5.41, 5.74) is 8.37. The van der Waals surface area contributed by atoms with Crippen LogP contribution in [-0.2, 0) is 0 Å². The Hall–Kier alpha value is -3.17. The van der Waals surface area contributed by atoms with E-state index < -0.39 is 11.0 Å². The van der Waals surface area contributed by atoms with E-state index in [-0.39, 0.29) is 21.8 Å². The predicted octanol–water partition coefficient (Wildman–Crippen LogP) is 4.33. The van der Waals surface area contributed by atoms with Crippen LogP contribution in [0.2, 0.25) is 5.15 Å². The van der Waals surface area contributed by atoms with E-state index in [0.717, 1.165) is 0 Å². The van der Waals surface area contributed by atoms with Crippen LogP contribution in [0.25, 0.3) is 10.9 Å². The Labute approximate surface area is 174 Å². The number of fused-ring (bicyclic) bond motifs is 1. The minimum Gasteiger partial charge on any atom is -0.375 e. The second-order valence-electron chi connectivity index (χ2n) is 6.46. The van der Waals surface area contributed by atoms with E-state index in [1.165, 1.54) is 29.3 Å². The van der Waals surface area contributed by atoms with Crippen molar-refractivity contribution in [3.63, 3.8) is 0 Å². The summed E-state index contributed by atoms with van der Waals surface area (Å²) in [7, 11) is 0. The van der Waals surface area contributed by atoms with Crippen LogP contribution in [-0.4, -0.2) is 25.7 Å². The SMILES string of the molecule is NC(=S)N1N=C(c2ccc([N+](=O)[O-])cc2)CC1c1cc2cc(F)ccc2nc1Cl. The number of hydrazone groups is 1. The maximum absolute atomic E-state index is 13.6. The number of nitro groups is 1. The van der Waals surface area contributed by atoms with Crippen LogP contribution in [0.3, 0.4) is 0 Å². The average Bonchev–Trinajstić information content (AvgIpc) is 3.13. The average molecular weight is 430 g/mol. The fourth-order valence-corrected chi connectivity index (χ4v) is 3.72. The summed E-state index contributed by atoms with van der Waals surface area (Å²) in [5.74, 6) is -0.381. The predicted molar refractivity (Wildman–Crippen MR) is 112 cm³/mol.